The summed E-state index contributed by atoms with van der Waals surface area (Å²) in [5.41, 5.74) is 1.25. The van der Waals surface area contributed by atoms with Crippen molar-refractivity contribution in [2.24, 2.45) is 0 Å². The molecule has 0 aliphatic carbocycles. The molecule has 0 atom stereocenters. The second-order valence-electron chi connectivity index (χ2n) is 2.98. The Bertz CT molecular complexity index is 361. The van der Waals surface area contributed by atoms with Crippen LogP contribution in [0.4, 0.5) is 0 Å². The van der Waals surface area contributed by atoms with E-state index < -0.39 is 5.97 Å². The zero-order valence-corrected chi connectivity index (χ0v) is 8.76. The van der Waals surface area contributed by atoms with Crippen LogP contribution in [0, 0.1) is 6.92 Å². The molecule has 1 aromatic rings. The lowest BCUT2D eigenvalue weighted by molar-refractivity contribution is -0.139. The zero-order chi connectivity index (χ0) is 10.7. The van der Waals surface area contributed by atoms with Crippen LogP contribution in [0.15, 0.2) is 12.1 Å². The summed E-state index contributed by atoms with van der Waals surface area (Å²) in [5.74, 6) is -0.336. The predicted octanol–water partition coefficient (Wildman–Crippen LogP) is 2.07. The van der Waals surface area contributed by atoms with E-state index in [-0.39, 0.29) is 12.2 Å². The lowest BCUT2D eigenvalue weighted by Gasteiger charge is -2.06. The molecule has 0 saturated carbocycles. The van der Waals surface area contributed by atoms with E-state index in [1.54, 1.807) is 13.0 Å². The van der Waals surface area contributed by atoms with Gasteiger partial charge < -0.3 is 9.84 Å². The Morgan fingerprint density at radius 2 is 2.21 bits per heavy atom. The fourth-order valence-corrected chi connectivity index (χ4v) is 1.26. The van der Waals surface area contributed by atoms with Crippen LogP contribution in [0.1, 0.15) is 11.1 Å². The Labute approximate surface area is 87.3 Å². The standard InChI is InChI=1S/C10H11ClO3/c1-6-3-9(12)7(4-8(6)11)5-10(13)14-2/h3-4,12H,5H2,1-2H3. The maximum Gasteiger partial charge on any atom is 0.310 e. The Morgan fingerprint density at radius 1 is 1.57 bits per heavy atom. The Hall–Kier alpha value is -1.22. The topological polar surface area (TPSA) is 46.5 Å². The molecule has 1 aromatic carbocycles. The molecule has 0 bridgehead atoms. The Morgan fingerprint density at radius 3 is 2.79 bits per heavy atom. The molecule has 0 saturated heterocycles. The molecule has 0 aliphatic heterocycles. The number of esters is 1. The van der Waals surface area contributed by atoms with Gasteiger partial charge in [-0.05, 0) is 24.6 Å². The van der Waals surface area contributed by atoms with Gasteiger partial charge >= 0.3 is 5.97 Å². The third-order valence-corrected chi connectivity index (χ3v) is 2.33. The summed E-state index contributed by atoms with van der Waals surface area (Å²) < 4.78 is 4.49. The summed E-state index contributed by atoms with van der Waals surface area (Å²) in [6.07, 6.45) is 0.0301. The van der Waals surface area contributed by atoms with E-state index in [9.17, 15) is 9.90 Å². The number of ether oxygens (including phenoxy) is 1. The van der Waals surface area contributed by atoms with Crippen molar-refractivity contribution in [2.75, 3.05) is 7.11 Å². The van der Waals surface area contributed by atoms with E-state index >= 15 is 0 Å². The van der Waals surface area contributed by atoms with Gasteiger partial charge in [0.05, 0.1) is 13.5 Å². The van der Waals surface area contributed by atoms with E-state index in [2.05, 4.69) is 4.74 Å². The highest BCUT2D eigenvalue weighted by Gasteiger charge is 2.09. The highest BCUT2D eigenvalue weighted by atomic mass is 35.5. The first-order valence-corrected chi connectivity index (χ1v) is 4.47. The van der Waals surface area contributed by atoms with Crippen molar-refractivity contribution in [1.29, 1.82) is 0 Å². The second kappa shape index (κ2) is 4.33. The van der Waals surface area contributed by atoms with Crippen molar-refractivity contribution in [2.45, 2.75) is 13.3 Å². The number of hydrogen-bond acceptors (Lipinski definition) is 3. The number of aromatic hydroxyl groups is 1. The molecule has 1 N–H and O–H groups in total. The molecule has 3 nitrogen and oxygen atoms in total. The van der Waals surface area contributed by atoms with Crippen molar-refractivity contribution in [3.8, 4) is 5.75 Å². The van der Waals surface area contributed by atoms with Crippen molar-refractivity contribution in [1.82, 2.24) is 0 Å². The normalized spacial score (nSPS) is 9.93. The number of phenolic OH excluding ortho intramolecular Hbond substituents is 1. The maximum absolute atomic E-state index is 11.0. The fourth-order valence-electron chi connectivity index (χ4n) is 1.08. The van der Waals surface area contributed by atoms with E-state index in [0.717, 1.165) is 5.56 Å². The first kappa shape index (κ1) is 10.9. The van der Waals surface area contributed by atoms with Gasteiger partial charge in [-0.25, -0.2) is 0 Å². The van der Waals surface area contributed by atoms with Gasteiger partial charge in [0.15, 0.2) is 0 Å². The van der Waals surface area contributed by atoms with Crippen molar-refractivity contribution in [3.05, 3.63) is 28.3 Å². The number of methoxy groups -OCH3 is 1. The maximum atomic E-state index is 11.0. The molecule has 0 fully saturated rings. The van der Waals surface area contributed by atoms with Crippen molar-refractivity contribution < 1.29 is 14.6 Å². The third kappa shape index (κ3) is 2.39. The van der Waals surface area contributed by atoms with Crippen LogP contribution in [0.2, 0.25) is 5.02 Å². The monoisotopic (exact) mass is 214 g/mol. The summed E-state index contributed by atoms with van der Waals surface area (Å²) >= 11 is 5.85. The average molecular weight is 215 g/mol. The van der Waals surface area contributed by atoms with Gasteiger partial charge in [-0.1, -0.05) is 11.6 Å². The van der Waals surface area contributed by atoms with Gasteiger partial charge in [0.2, 0.25) is 0 Å². The lowest BCUT2D eigenvalue weighted by Crippen LogP contribution is -2.04. The van der Waals surface area contributed by atoms with Crippen LogP contribution < -0.4 is 0 Å². The van der Waals surface area contributed by atoms with Gasteiger partial charge in [0.25, 0.3) is 0 Å². The molecule has 4 heteroatoms. The number of phenols is 1. The smallest absolute Gasteiger partial charge is 0.310 e. The summed E-state index contributed by atoms with van der Waals surface area (Å²) in [7, 11) is 1.30. The summed E-state index contributed by atoms with van der Waals surface area (Å²) in [4.78, 5) is 11.0. The molecule has 0 amide bonds. The third-order valence-electron chi connectivity index (χ3n) is 1.92. The van der Waals surface area contributed by atoms with Crippen LogP contribution in [0.25, 0.3) is 0 Å². The summed E-state index contributed by atoms with van der Waals surface area (Å²) in [6, 6.07) is 3.10. The molecule has 1 rings (SSSR count). The van der Waals surface area contributed by atoms with Crippen molar-refractivity contribution in [3.63, 3.8) is 0 Å². The SMILES string of the molecule is COC(=O)Cc1cc(Cl)c(C)cc1O. The first-order valence-electron chi connectivity index (χ1n) is 4.09. The Kier molecular flexibility index (Phi) is 3.36. The van der Waals surface area contributed by atoms with Crippen LogP contribution in [-0.2, 0) is 16.0 Å². The van der Waals surface area contributed by atoms with Crippen LogP contribution >= 0.6 is 11.6 Å². The van der Waals surface area contributed by atoms with Gasteiger partial charge in [-0.2, -0.15) is 0 Å². The number of hydrogen-bond donors (Lipinski definition) is 1. The van der Waals surface area contributed by atoms with E-state index in [1.165, 1.54) is 13.2 Å². The second-order valence-corrected chi connectivity index (χ2v) is 3.39. The molecule has 0 radical (unpaired) electrons. The molecule has 14 heavy (non-hydrogen) atoms. The predicted molar refractivity (Wildman–Crippen MR) is 53.6 cm³/mol. The molecule has 0 aromatic heterocycles. The first-order chi connectivity index (χ1) is 6.54. The minimum absolute atomic E-state index is 0.0301. The van der Waals surface area contributed by atoms with Crippen LogP contribution in [0.3, 0.4) is 0 Å². The number of aryl methyl sites for hydroxylation is 1. The average Bonchev–Trinajstić information content (AvgIpc) is 2.14. The number of rotatable bonds is 2. The minimum atomic E-state index is -0.403. The van der Waals surface area contributed by atoms with Gasteiger partial charge in [0.1, 0.15) is 5.75 Å². The number of halogens is 1. The summed E-state index contributed by atoms with van der Waals surface area (Å²) in [6.45, 7) is 1.78. The molecular weight excluding hydrogens is 204 g/mol. The molecule has 76 valence electrons. The number of benzene rings is 1. The minimum Gasteiger partial charge on any atom is -0.508 e. The highest BCUT2D eigenvalue weighted by Crippen LogP contribution is 2.25. The summed E-state index contributed by atoms with van der Waals surface area (Å²) in [5, 5.41) is 10.0. The van der Waals surface area contributed by atoms with Gasteiger partial charge in [-0.3, -0.25) is 4.79 Å². The lowest BCUT2D eigenvalue weighted by atomic mass is 10.1. The fraction of sp³-hybridized carbons (Fsp3) is 0.300. The van der Waals surface area contributed by atoms with Gasteiger partial charge in [-0.15, -0.1) is 0 Å². The molecular formula is C10H11ClO3. The number of carbonyl (C=O) groups excluding carboxylic acids is 1. The number of carbonyl (C=O) groups is 1. The molecule has 0 spiro atoms. The van der Waals surface area contributed by atoms with Crippen LogP contribution in [-0.4, -0.2) is 18.2 Å². The van der Waals surface area contributed by atoms with Gasteiger partial charge in [0, 0.05) is 10.6 Å². The quantitative estimate of drug-likeness (QED) is 0.767. The van der Waals surface area contributed by atoms with Crippen molar-refractivity contribution >= 4 is 17.6 Å². The van der Waals surface area contributed by atoms with E-state index in [0.29, 0.717) is 10.6 Å². The van der Waals surface area contributed by atoms with Crippen LogP contribution in [0.5, 0.6) is 5.75 Å². The van der Waals surface area contributed by atoms with E-state index in [1.807, 2.05) is 0 Å². The molecule has 0 unspecified atom stereocenters. The van der Waals surface area contributed by atoms with E-state index in [4.69, 9.17) is 11.6 Å². The Balaban J connectivity index is 2.98. The molecule has 0 aliphatic rings. The largest absolute Gasteiger partial charge is 0.508 e. The molecule has 0 heterocycles. The highest BCUT2D eigenvalue weighted by molar-refractivity contribution is 6.31. The zero-order valence-electron chi connectivity index (χ0n) is 8.00.